The summed E-state index contributed by atoms with van der Waals surface area (Å²) < 4.78 is 38.2. The lowest BCUT2D eigenvalue weighted by Crippen LogP contribution is -2.64. The number of carbonyl (C=O) groups is 2. The number of aliphatic carboxylic acids is 1. The average molecular weight is 282 g/mol. The molecule has 0 aromatic carbocycles. The summed E-state index contributed by atoms with van der Waals surface area (Å²) in [6.45, 7) is -0.189. The highest BCUT2D eigenvalue weighted by Crippen LogP contribution is 2.32. The molecule has 19 heavy (non-hydrogen) atoms. The number of carboxylic acid groups (broad SMARTS) is 1. The maximum absolute atomic E-state index is 12.7. The fourth-order valence-electron chi connectivity index (χ4n) is 2.15. The zero-order valence-corrected chi connectivity index (χ0v) is 10.5. The molecule has 8 heteroatoms. The van der Waals surface area contributed by atoms with Gasteiger partial charge in [-0.05, 0) is 19.8 Å². The van der Waals surface area contributed by atoms with Gasteiger partial charge in [0.1, 0.15) is 6.54 Å². The molecular formula is C11H17F3N2O3. The van der Waals surface area contributed by atoms with Gasteiger partial charge in [-0.1, -0.05) is 12.8 Å². The third-order valence-electron chi connectivity index (χ3n) is 3.37. The van der Waals surface area contributed by atoms with E-state index in [1.54, 1.807) is 0 Å². The molecule has 1 unspecified atom stereocenters. The largest absolute Gasteiger partial charge is 0.480 e. The average Bonchev–Trinajstić information content (AvgIpc) is 2.76. The Balaban J connectivity index is 2.97. The number of hydrogen-bond acceptors (Lipinski definition) is 3. The topological polar surface area (TPSA) is 83.6 Å². The van der Waals surface area contributed by atoms with Crippen LogP contribution in [0.4, 0.5) is 13.2 Å². The van der Waals surface area contributed by atoms with Crippen LogP contribution in [0.25, 0.3) is 0 Å². The summed E-state index contributed by atoms with van der Waals surface area (Å²) in [5.74, 6) is -2.73. The molecule has 1 aliphatic rings. The van der Waals surface area contributed by atoms with E-state index in [2.05, 4.69) is 0 Å². The summed E-state index contributed by atoms with van der Waals surface area (Å²) >= 11 is 0. The first-order valence-corrected chi connectivity index (χ1v) is 5.96. The van der Waals surface area contributed by atoms with Crippen LogP contribution in [-0.2, 0) is 9.59 Å². The van der Waals surface area contributed by atoms with Crippen LogP contribution >= 0.6 is 0 Å². The van der Waals surface area contributed by atoms with Crippen LogP contribution < -0.4 is 5.73 Å². The molecule has 0 radical (unpaired) electrons. The maximum atomic E-state index is 12.7. The minimum atomic E-state index is -4.92. The van der Waals surface area contributed by atoms with Gasteiger partial charge in [0.05, 0.1) is 0 Å². The predicted octanol–water partition coefficient (Wildman–Crippen LogP) is 1.12. The molecule has 1 aliphatic carbocycles. The van der Waals surface area contributed by atoms with Crippen molar-refractivity contribution < 1.29 is 27.9 Å². The third kappa shape index (κ3) is 3.37. The van der Waals surface area contributed by atoms with Crippen molar-refractivity contribution in [3.8, 4) is 0 Å². The van der Waals surface area contributed by atoms with Crippen LogP contribution in [-0.4, -0.2) is 46.2 Å². The Hall–Kier alpha value is -1.31. The Kier molecular flexibility index (Phi) is 4.44. The molecule has 1 saturated carbocycles. The zero-order valence-electron chi connectivity index (χ0n) is 10.5. The second-order valence-corrected chi connectivity index (χ2v) is 4.97. The summed E-state index contributed by atoms with van der Waals surface area (Å²) in [4.78, 5) is 23.4. The van der Waals surface area contributed by atoms with Crippen LogP contribution in [0.3, 0.4) is 0 Å². The number of nitrogens with zero attached hydrogens (tertiary/aromatic N) is 1. The van der Waals surface area contributed by atoms with Gasteiger partial charge in [-0.3, -0.25) is 9.59 Å². The van der Waals surface area contributed by atoms with Crippen LogP contribution in [0.2, 0.25) is 0 Å². The normalized spacial score (nSPS) is 20.1. The maximum Gasteiger partial charge on any atom is 0.415 e. The molecule has 1 fully saturated rings. The van der Waals surface area contributed by atoms with Crippen molar-refractivity contribution in [2.24, 2.45) is 5.73 Å². The van der Waals surface area contributed by atoms with Crippen molar-refractivity contribution in [3.63, 3.8) is 0 Å². The Morgan fingerprint density at radius 2 is 1.79 bits per heavy atom. The molecular weight excluding hydrogens is 265 g/mol. The van der Waals surface area contributed by atoms with Gasteiger partial charge in [-0.15, -0.1) is 0 Å². The summed E-state index contributed by atoms with van der Waals surface area (Å²) in [6, 6.07) is -0.478. The first-order valence-electron chi connectivity index (χ1n) is 5.96. The van der Waals surface area contributed by atoms with Crippen molar-refractivity contribution in [3.05, 3.63) is 0 Å². The highest BCUT2D eigenvalue weighted by Gasteiger charge is 2.56. The molecule has 0 aromatic rings. The summed E-state index contributed by atoms with van der Waals surface area (Å²) in [5.41, 5.74) is 2.01. The fraction of sp³-hybridized carbons (Fsp3) is 0.818. The standard InChI is InChI=1S/C11H17F3N2O3/c1-10(15,11(12,13)14)9(19)16(6-8(17)18)7-4-2-3-5-7/h7H,2-6,15H2,1H3,(H,17,18). The number of nitrogens with two attached hydrogens (primary N) is 1. The Labute approximate surface area is 108 Å². The van der Waals surface area contributed by atoms with Gasteiger partial charge < -0.3 is 15.7 Å². The van der Waals surface area contributed by atoms with E-state index in [1.807, 2.05) is 0 Å². The van der Waals surface area contributed by atoms with Gasteiger partial charge >= 0.3 is 12.1 Å². The molecule has 3 N–H and O–H groups in total. The van der Waals surface area contributed by atoms with E-state index >= 15 is 0 Å². The molecule has 5 nitrogen and oxygen atoms in total. The molecule has 1 amide bonds. The number of rotatable bonds is 4. The van der Waals surface area contributed by atoms with Crippen molar-refractivity contribution in [2.45, 2.75) is 50.4 Å². The number of halogens is 3. The highest BCUT2D eigenvalue weighted by molar-refractivity contribution is 5.89. The van der Waals surface area contributed by atoms with Gasteiger partial charge in [-0.2, -0.15) is 13.2 Å². The molecule has 0 aromatic heterocycles. The minimum absolute atomic E-state index is 0.478. The lowest BCUT2D eigenvalue weighted by molar-refractivity contribution is -0.195. The van der Waals surface area contributed by atoms with Crippen molar-refractivity contribution in [1.29, 1.82) is 0 Å². The van der Waals surface area contributed by atoms with Crippen molar-refractivity contribution in [2.75, 3.05) is 6.54 Å². The zero-order chi connectivity index (χ0) is 14.8. The first-order chi connectivity index (χ1) is 8.57. The van der Waals surface area contributed by atoms with Crippen LogP contribution in [0.1, 0.15) is 32.6 Å². The van der Waals surface area contributed by atoms with Crippen molar-refractivity contribution in [1.82, 2.24) is 4.90 Å². The lowest BCUT2D eigenvalue weighted by atomic mass is 9.99. The molecule has 0 heterocycles. The smallest absolute Gasteiger partial charge is 0.415 e. The summed E-state index contributed by atoms with van der Waals surface area (Å²) in [5, 5.41) is 8.75. The van der Waals surface area contributed by atoms with Crippen molar-refractivity contribution >= 4 is 11.9 Å². The van der Waals surface area contributed by atoms with Gasteiger partial charge in [0.25, 0.3) is 5.91 Å². The Morgan fingerprint density at radius 1 is 1.32 bits per heavy atom. The Bertz CT molecular complexity index is 363. The lowest BCUT2D eigenvalue weighted by Gasteiger charge is -2.35. The van der Waals surface area contributed by atoms with Gasteiger partial charge in [-0.25, -0.2) is 0 Å². The molecule has 0 spiro atoms. The second-order valence-electron chi connectivity index (χ2n) is 4.97. The number of carboxylic acids is 1. The molecule has 1 atom stereocenters. The second kappa shape index (κ2) is 5.36. The highest BCUT2D eigenvalue weighted by atomic mass is 19.4. The number of hydrogen-bond donors (Lipinski definition) is 2. The van der Waals surface area contributed by atoms with Gasteiger partial charge in [0.2, 0.25) is 0 Å². The number of amides is 1. The van der Waals surface area contributed by atoms with E-state index in [4.69, 9.17) is 10.8 Å². The molecule has 1 rings (SSSR count). The van der Waals surface area contributed by atoms with Crippen LogP contribution in [0.15, 0.2) is 0 Å². The molecule has 0 aliphatic heterocycles. The predicted molar refractivity (Wildman–Crippen MR) is 60.3 cm³/mol. The number of alkyl halides is 3. The first kappa shape index (κ1) is 15.7. The van der Waals surface area contributed by atoms with E-state index in [9.17, 15) is 22.8 Å². The van der Waals surface area contributed by atoms with Crippen LogP contribution in [0, 0.1) is 0 Å². The monoisotopic (exact) mass is 282 g/mol. The van der Waals surface area contributed by atoms with Crippen LogP contribution in [0.5, 0.6) is 0 Å². The molecule has 0 saturated heterocycles. The quantitative estimate of drug-likeness (QED) is 0.809. The fourth-order valence-corrected chi connectivity index (χ4v) is 2.15. The number of carbonyl (C=O) groups excluding carboxylic acids is 1. The molecule has 0 bridgehead atoms. The molecule has 110 valence electrons. The SMILES string of the molecule is CC(N)(C(=O)N(CC(=O)O)C1CCCC1)C(F)(F)F. The van der Waals surface area contributed by atoms with E-state index in [-0.39, 0.29) is 0 Å². The van der Waals surface area contributed by atoms with E-state index < -0.39 is 36.2 Å². The van der Waals surface area contributed by atoms with Gasteiger partial charge in [0, 0.05) is 6.04 Å². The van der Waals surface area contributed by atoms with E-state index in [1.165, 1.54) is 0 Å². The van der Waals surface area contributed by atoms with Gasteiger partial charge in [0.15, 0.2) is 5.54 Å². The third-order valence-corrected chi connectivity index (χ3v) is 3.37. The Morgan fingerprint density at radius 3 is 2.16 bits per heavy atom. The van der Waals surface area contributed by atoms with E-state index in [0.29, 0.717) is 19.8 Å². The summed E-state index contributed by atoms with van der Waals surface area (Å²) in [6.07, 6.45) is -2.37. The summed E-state index contributed by atoms with van der Waals surface area (Å²) in [7, 11) is 0. The van der Waals surface area contributed by atoms with E-state index in [0.717, 1.165) is 17.7 Å². The minimum Gasteiger partial charge on any atom is -0.480 e.